The Labute approximate surface area is 184 Å². The molecule has 0 radical (unpaired) electrons. The number of nitriles is 1. The second-order valence-electron chi connectivity index (χ2n) is 7.84. The number of H-pyrrole nitrogens is 1. The van der Waals surface area contributed by atoms with Crippen LogP contribution < -0.4 is 10.6 Å². The summed E-state index contributed by atoms with van der Waals surface area (Å²) in [6, 6.07) is 14.2. The number of pyridine rings is 1. The fourth-order valence-corrected chi connectivity index (χ4v) is 4.29. The fraction of sp³-hybridized carbons (Fsp3) is 0.208. The van der Waals surface area contributed by atoms with Crippen LogP contribution in [0.15, 0.2) is 54.9 Å². The van der Waals surface area contributed by atoms with Crippen molar-refractivity contribution >= 4 is 16.7 Å². The van der Waals surface area contributed by atoms with Gasteiger partial charge in [0.15, 0.2) is 5.82 Å². The number of para-hydroxylation sites is 1. The highest BCUT2D eigenvalue weighted by Gasteiger charge is 2.33. The number of imidazole rings is 1. The summed E-state index contributed by atoms with van der Waals surface area (Å²) in [6.45, 7) is 1.17. The number of nitrogens with one attached hydrogen (secondary N) is 1. The summed E-state index contributed by atoms with van der Waals surface area (Å²) in [6.07, 6.45) is 3.36. The summed E-state index contributed by atoms with van der Waals surface area (Å²) in [7, 11) is 1.65. The average molecular weight is 428 g/mol. The zero-order chi connectivity index (χ0) is 22.2. The van der Waals surface area contributed by atoms with E-state index in [0.29, 0.717) is 30.0 Å². The number of nitrogens with zero attached hydrogens (tertiary/aromatic N) is 4. The normalized spacial score (nSPS) is 18.2. The molecule has 1 saturated heterocycles. The van der Waals surface area contributed by atoms with Crippen molar-refractivity contribution in [3.63, 3.8) is 0 Å². The maximum Gasteiger partial charge on any atom is 0.151 e. The molecule has 1 aliphatic rings. The lowest BCUT2D eigenvalue weighted by Gasteiger charge is -2.24. The van der Waals surface area contributed by atoms with Crippen molar-refractivity contribution in [3.8, 4) is 28.6 Å². The van der Waals surface area contributed by atoms with E-state index in [2.05, 4.69) is 25.9 Å². The highest BCUT2D eigenvalue weighted by atomic mass is 19.1. The van der Waals surface area contributed by atoms with E-state index >= 15 is 0 Å². The van der Waals surface area contributed by atoms with E-state index in [4.69, 9.17) is 10.5 Å². The molecule has 2 atom stereocenters. The molecule has 3 heterocycles. The molecule has 0 aliphatic carbocycles. The standard InChI is InChI=1S/C24H21FN6O/c1-32-21-13-31(12-19(21)27)23-16(15-5-2-4-14(8-15)9-26)10-28-11-17(23)24-29-20-7-3-6-18(25)22(20)30-24/h2-8,10-11,19,21H,12-13,27H2,1H3,(H,29,30)/t19-,21+/m1/s1. The van der Waals surface area contributed by atoms with E-state index in [0.717, 1.165) is 22.4 Å². The van der Waals surface area contributed by atoms with Crippen molar-refractivity contribution in [3.05, 3.63) is 66.2 Å². The van der Waals surface area contributed by atoms with E-state index in [1.165, 1.54) is 6.07 Å². The third kappa shape index (κ3) is 3.38. The first-order chi connectivity index (χ1) is 15.6. The summed E-state index contributed by atoms with van der Waals surface area (Å²) in [5.74, 6) is 0.125. The van der Waals surface area contributed by atoms with Crippen molar-refractivity contribution in [2.75, 3.05) is 25.1 Å². The van der Waals surface area contributed by atoms with Crippen LogP contribution in [-0.4, -0.2) is 47.3 Å². The second-order valence-corrected chi connectivity index (χ2v) is 7.84. The highest BCUT2D eigenvalue weighted by Crippen LogP contribution is 2.40. The van der Waals surface area contributed by atoms with Crippen molar-refractivity contribution < 1.29 is 9.13 Å². The minimum absolute atomic E-state index is 0.123. The monoisotopic (exact) mass is 428 g/mol. The third-order valence-electron chi connectivity index (χ3n) is 5.87. The molecule has 0 saturated carbocycles. The Balaban J connectivity index is 1.73. The Kier molecular flexibility index (Phi) is 5.05. The van der Waals surface area contributed by atoms with E-state index in [-0.39, 0.29) is 23.5 Å². The van der Waals surface area contributed by atoms with Crippen LogP contribution >= 0.6 is 0 Å². The molecule has 0 unspecified atom stereocenters. The zero-order valence-corrected chi connectivity index (χ0v) is 17.4. The lowest BCUT2D eigenvalue weighted by molar-refractivity contribution is 0.108. The number of aromatic amines is 1. The molecule has 8 heteroatoms. The molecule has 0 amide bonds. The number of halogens is 1. The number of methoxy groups -OCH3 is 1. The van der Waals surface area contributed by atoms with Crippen molar-refractivity contribution in [1.82, 2.24) is 15.0 Å². The van der Waals surface area contributed by atoms with Gasteiger partial charge in [-0.25, -0.2) is 9.37 Å². The summed E-state index contributed by atoms with van der Waals surface area (Å²) >= 11 is 0. The third-order valence-corrected chi connectivity index (χ3v) is 5.87. The molecule has 3 N–H and O–H groups in total. The number of ether oxygens (including phenoxy) is 1. The first kappa shape index (κ1) is 20.1. The Morgan fingerprint density at radius 2 is 2.00 bits per heavy atom. The zero-order valence-electron chi connectivity index (χ0n) is 17.4. The number of anilines is 1. The van der Waals surface area contributed by atoms with Crippen LogP contribution in [-0.2, 0) is 4.74 Å². The van der Waals surface area contributed by atoms with E-state index in [1.54, 1.807) is 37.7 Å². The number of rotatable bonds is 4. The number of aromatic nitrogens is 3. The van der Waals surface area contributed by atoms with Gasteiger partial charge in [-0.1, -0.05) is 18.2 Å². The second kappa shape index (κ2) is 8.04. The van der Waals surface area contributed by atoms with Crippen molar-refractivity contribution in [1.29, 1.82) is 5.26 Å². The van der Waals surface area contributed by atoms with Crippen molar-refractivity contribution in [2.24, 2.45) is 5.73 Å². The average Bonchev–Trinajstić information content (AvgIpc) is 3.42. The lowest BCUT2D eigenvalue weighted by atomic mass is 10.00. The molecule has 32 heavy (non-hydrogen) atoms. The Morgan fingerprint density at radius 1 is 1.19 bits per heavy atom. The van der Waals surface area contributed by atoms with Gasteiger partial charge in [-0.05, 0) is 29.8 Å². The van der Waals surface area contributed by atoms with E-state index in [1.807, 2.05) is 18.2 Å². The summed E-state index contributed by atoms with van der Waals surface area (Å²) in [5, 5.41) is 9.37. The molecular weight excluding hydrogens is 407 g/mol. The molecular formula is C24H21FN6O. The molecule has 4 aromatic rings. The minimum Gasteiger partial charge on any atom is -0.378 e. The van der Waals surface area contributed by atoms with Gasteiger partial charge in [-0.15, -0.1) is 0 Å². The Bertz CT molecular complexity index is 1340. The van der Waals surface area contributed by atoms with Crippen LogP contribution in [0.5, 0.6) is 0 Å². The molecule has 1 aliphatic heterocycles. The number of hydrogen-bond donors (Lipinski definition) is 2. The molecule has 7 nitrogen and oxygen atoms in total. The number of nitrogens with two attached hydrogens (primary N) is 1. The number of benzene rings is 2. The van der Waals surface area contributed by atoms with Gasteiger partial charge >= 0.3 is 0 Å². The van der Waals surface area contributed by atoms with Gasteiger partial charge in [0.25, 0.3) is 0 Å². The molecule has 160 valence electrons. The first-order valence-electron chi connectivity index (χ1n) is 10.3. The highest BCUT2D eigenvalue weighted by molar-refractivity contribution is 5.91. The summed E-state index contributed by atoms with van der Waals surface area (Å²) in [4.78, 5) is 14.3. The van der Waals surface area contributed by atoms with Gasteiger partial charge in [0.05, 0.1) is 40.5 Å². The van der Waals surface area contributed by atoms with Gasteiger partial charge in [0.1, 0.15) is 11.3 Å². The van der Waals surface area contributed by atoms with Crippen LogP contribution in [0.2, 0.25) is 0 Å². The largest absolute Gasteiger partial charge is 0.378 e. The fourth-order valence-electron chi connectivity index (χ4n) is 4.29. The molecule has 1 fully saturated rings. The van der Waals surface area contributed by atoms with E-state index in [9.17, 15) is 9.65 Å². The first-order valence-corrected chi connectivity index (χ1v) is 10.3. The predicted molar refractivity (Wildman–Crippen MR) is 120 cm³/mol. The van der Waals surface area contributed by atoms with E-state index < -0.39 is 0 Å². The minimum atomic E-state index is -0.389. The molecule has 2 aromatic heterocycles. The van der Waals surface area contributed by atoms with Gasteiger partial charge in [0, 0.05) is 38.2 Å². The number of fused-ring (bicyclic) bond motifs is 1. The van der Waals surface area contributed by atoms with Gasteiger partial charge in [0.2, 0.25) is 0 Å². The molecule has 5 rings (SSSR count). The summed E-state index contributed by atoms with van der Waals surface area (Å²) < 4.78 is 19.9. The van der Waals surface area contributed by atoms with Gasteiger partial charge in [-0.3, -0.25) is 4.98 Å². The van der Waals surface area contributed by atoms with Crippen LogP contribution in [0.1, 0.15) is 5.56 Å². The maximum atomic E-state index is 14.3. The smallest absolute Gasteiger partial charge is 0.151 e. The topological polar surface area (TPSA) is 104 Å². The summed E-state index contributed by atoms with van der Waals surface area (Å²) in [5.41, 5.74) is 11.0. The SMILES string of the molecule is CO[C@H]1CN(c2c(-c3cccc(C#N)c3)cncc2-c2nc3c(F)cccc3[nH]2)C[C@H]1N. The van der Waals surface area contributed by atoms with Crippen LogP contribution in [0, 0.1) is 17.1 Å². The van der Waals surface area contributed by atoms with Gasteiger partial charge in [-0.2, -0.15) is 5.26 Å². The van der Waals surface area contributed by atoms with Crippen LogP contribution in [0.4, 0.5) is 10.1 Å². The number of hydrogen-bond acceptors (Lipinski definition) is 6. The molecule has 0 spiro atoms. The van der Waals surface area contributed by atoms with Gasteiger partial charge < -0.3 is 20.4 Å². The quantitative estimate of drug-likeness (QED) is 0.516. The van der Waals surface area contributed by atoms with Crippen LogP contribution in [0.3, 0.4) is 0 Å². The Hall–Kier alpha value is -3.80. The Morgan fingerprint density at radius 3 is 2.75 bits per heavy atom. The lowest BCUT2D eigenvalue weighted by Crippen LogP contribution is -2.34. The maximum absolute atomic E-state index is 14.3. The molecule has 0 bridgehead atoms. The van der Waals surface area contributed by atoms with Crippen molar-refractivity contribution in [2.45, 2.75) is 12.1 Å². The predicted octanol–water partition coefficient (Wildman–Crippen LogP) is 3.46. The van der Waals surface area contributed by atoms with Crippen LogP contribution in [0.25, 0.3) is 33.5 Å². The molecule has 2 aromatic carbocycles.